The topological polar surface area (TPSA) is 66.4 Å². The van der Waals surface area contributed by atoms with Crippen molar-refractivity contribution >= 4 is 11.8 Å². The molecule has 3 rings (SSSR count). The molecule has 2 heterocycles. The Kier molecular flexibility index (Phi) is 5.38. The molecule has 0 aliphatic carbocycles. The Labute approximate surface area is 153 Å². The van der Waals surface area contributed by atoms with Gasteiger partial charge >= 0.3 is 6.18 Å². The molecule has 2 aromatic rings. The van der Waals surface area contributed by atoms with Gasteiger partial charge in [0, 0.05) is 38.6 Å². The Hall–Kier alpha value is -2.97. The van der Waals surface area contributed by atoms with E-state index in [1.165, 1.54) is 30.7 Å². The second-order valence-electron chi connectivity index (χ2n) is 6.14. The van der Waals surface area contributed by atoms with Crippen LogP contribution in [0.3, 0.4) is 0 Å². The van der Waals surface area contributed by atoms with Gasteiger partial charge in [-0.2, -0.15) is 13.2 Å². The summed E-state index contributed by atoms with van der Waals surface area (Å²) in [7, 11) is 0. The van der Waals surface area contributed by atoms with E-state index >= 15 is 0 Å². The number of amides is 2. The van der Waals surface area contributed by atoms with Gasteiger partial charge in [0.15, 0.2) is 0 Å². The van der Waals surface area contributed by atoms with Crippen molar-refractivity contribution in [2.75, 3.05) is 26.2 Å². The summed E-state index contributed by atoms with van der Waals surface area (Å²) < 4.78 is 38.3. The van der Waals surface area contributed by atoms with Crippen LogP contribution < -0.4 is 0 Å². The largest absolute Gasteiger partial charge is 0.416 e. The molecule has 1 aromatic carbocycles. The molecular weight excluding hydrogens is 361 g/mol. The highest BCUT2D eigenvalue weighted by molar-refractivity contribution is 5.92. The second-order valence-corrected chi connectivity index (χ2v) is 6.14. The number of halogens is 3. The van der Waals surface area contributed by atoms with Crippen LogP contribution in [0.4, 0.5) is 13.2 Å². The summed E-state index contributed by atoms with van der Waals surface area (Å²) in [5, 5.41) is 0. The standard InChI is InChI=1S/C18H17F3N4O2/c19-18(20,21)14-3-1-2-13(10-14)11-16(26)24-6-8-25(9-7-24)17(27)15-12-22-4-5-23-15/h1-5,10,12H,6-9,11H2. The van der Waals surface area contributed by atoms with E-state index < -0.39 is 11.7 Å². The van der Waals surface area contributed by atoms with Crippen LogP contribution in [0.25, 0.3) is 0 Å². The molecule has 1 aromatic heterocycles. The molecule has 0 spiro atoms. The summed E-state index contributed by atoms with van der Waals surface area (Å²) in [5.74, 6) is -0.519. The Morgan fingerprint density at radius 2 is 1.74 bits per heavy atom. The van der Waals surface area contributed by atoms with Crippen LogP contribution in [0.5, 0.6) is 0 Å². The van der Waals surface area contributed by atoms with E-state index in [1.807, 2.05) is 0 Å². The molecule has 0 unspecified atom stereocenters. The van der Waals surface area contributed by atoms with Gasteiger partial charge in [-0.05, 0) is 11.6 Å². The van der Waals surface area contributed by atoms with Gasteiger partial charge < -0.3 is 9.80 Å². The zero-order valence-corrected chi connectivity index (χ0v) is 14.3. The van der Waals surface area contributed by atoms with Gasteiger partial charge in [0.2, 0.25) is 5.91 Å². The first-order valence-corrected chi connectivity index (χ1v) is 8.34. The van der Waals surface area contributed by atoms with E-state index in [1.54, 1.807) is 9.80 Å². The minimum Gasteiger partial charge on any atom is -0.339 e. The van der Waals surface area contributed by atoms with Gasteiger partial charge in [-0.15, -0.1) is 0 Å². The summed E-state index contributed by atoms with van der Waals surface area (Å²) in [6, 6.07) is 4.76. The molecule has 1 aliphatic heterocycles. The summed E-state index contributed by atoms with van der Waals surface area (Å²) in [4.78, 5) is 35.7. The lowest BCUT2D eigenvalue weighted by Gasteiger charge is -2.34. The van der Waals surface area contributed by atoms with Crippen LogP contribution in [-0.4, -0.2) is 57.8 Å². The maximum absolute atomic E-state index is 12.8. The molecular formula is C18H17F3N4O2. The fraction of sp³-hybridized carbons (Fsp3) is 0.333. The van der Waals surface area contributed by atoms with Crippen LogP contribution in [0.15, 0.2) is 42.9 Å². The first-order valence-electron chi connectivity index (χ1n) is 8.34. The molecule has 2 amide bonds. The van der Waals surface area contributed by atoms with Crippen LogP contribution in [-0.2, 0) is 17.4 Å². The third-order valence-corrected chi connectivity index (χ3v) is 4.31. The average molecular weight is 378 g/mol. The van der Waals surface area contributed by atoms with Crippen molar-refractivity contribution in [1.82, 2.24) is 19.8 Å². The number of carbonyl (C=O) groups excluding carboxylic acids is 2. The SMILES string of the molecule is O=C(Cc1cccc(C(F)(F)F)c1)N1CCN(C(=O)c2cnccn2)CC1. The molecule has 1 fully saturated rings. The number of aromatic nitrogens is 2. The van der Waals surface area contributed by atoms with Crippen molar-refractivity contribution in [1.29, 1.82) is 0 Å². The molecule has 0 N–H and O–H groups in total. The smallest absolute Gasteiger partial charge is 0.339 e. The predicted molar refractivity (Wildman–Crippen MR) is 89.7 cm³/mol. The fourth-order valence-corrected chi connectivity index (χ4v) is 2.87. The normalized spacial score (nSPS) is 14.9. The molecule has 9 heteroatoms. The van der Waals surface area contributed by atoms with Crippen molar-refractivity contribution in [3.8, 4) is 0 Å². The van der Waals surface area contributed by atoms with Crippen molar-refractivity contribution < 1.29 is 22.8 Å². The predicted octanol–water partition coefficient (Wildman–Crippen LogP) is 2.02. The van der Waals surface area contributed by atoms with Gasteiger partial charge in [0.25, 0.3) is 5.91 Å². The highest BCUT2D eigenvalue weighted by atomic mass is 19.4. The van der Waals surface area contributed by atoms with Crippen LogP contribution in [0.1, 0.15) is 21.6 Å². The van der Waals surface area contributed by atoms with E-state index in [-0.39, 0.29) is 23.9 Å². The molecule has 0 bridgehead atoms. The van der Waals surface area contributed by atoms with Gasteiger partial charge in [-0.1, -0.05) is 18.2 Å². The molecule has 27 heavy (non-hydrogen) atoms. The average Bonchev–Trinajstić information content (AvgIpc) is 2.68. The van der Waals surface area contributed by atoms with E-state index in [0.717, 1.165) is 12.1 Å². The number of rotatable bonds is 3. The monoisotopic (exact) mass is 378 g/mol. The van der Waals surface area contributed by atoms with Crippen LogP contribution in [0, 0.1) is 0 Å². The number of benzene rings is 1. The molecule has 142 valence electrons. The third kappa shape index (κ3) is 4.60. The number of hydrogen-bond donors (Lipinski definition) is 0. The molecule has 0 saturated carbocycles. The Morgan fingerprint density at radius 1 is 1.04 bits per heavy atom. The number of alkyl halides is 3. The molecule has 1 saturated heterocycles. The first kappa shape index (κ1) is 18.8. The van der Waals surface area contributed by atoms with Crippen molar-refractivity contribution in [2.24, 2.45) is 0 Å². The molecule has 0 atom stereocenters. The summed E-state index contributed by atoms with van der Waals surface area (Å²) in [6.07, 6.45) is -0.260. The molecule has 0 radical (unpaired) electrons. The van der Waals surface area contributed by atoms with E-state index in [2.05, 4.69) is 9.97 Å². The highest BCUT2D eigenvalue weighted by Crippen LogP contribution is 2.29. The lowest BCUT2D eigenvalue weighted by Crippen LogP contribution is -2.51. The van der Waals surface area contributed by atoms with Gasteiger partial charge in [0.1, 0.15) is 5.69 Å². The summed E-state index contributed by atoms with van der Waals surface area (Å²) >= 11 is 0. The zero-order valence-electron chi connectivity index (χ0n) is 14.3. The number of carbonyl (C=O) groups is 2. The van der Waals surface area contributed by atoms with E-state index in [4.69, 9.17) is 0 Å². The lowest BCUT2D eigenvalue weighted by atomic mass is 10.1. The van der Waals surface area contributed by atoms with Gasteiger partial charge in [-0.3, -0.25) is 14.6 Å². The zero-order chi connectivity index (χ0) is 19.4. The van der Waals surface area contributed by atoms with Crippen molar-refractivity contribution in [2.45, 2.75) is 12.6 Å². The minimum absolute atomic E-state index is 0.109. The lowest BCUT2D eigenvalue weighted by molar-refractivity contribution is -0.138. The molecule has 6 nitrogen and oxygen atoms in total. The number of piperazine rings is 1. The van der Waals surface area contributed by atoms with E-state index in [0.29, 0.717) is 31.7 Å². The van der Waals surface area contributed by atoms with Gasteiger partial charge in [0.05, 0.1) is 18.2 Å². The highest BCUT2D eigenvalue weighted by Gasteiger charge is 2.31. The number of hydrogen-bond acceptors (Lipinski definition) is 4. The summed E-state index contributed by atoms with van der Waals surface area (Å²) in [5.41, 5.74) is -0.221. The van der Waals surface area contributed by atoms with E-state index in [9.17, 15) is 22.8 Å². The van der Waals surface area contributed by atoms with Crippen molar-refractivity contribution in [3.63, 3.8) is 0 Å². The van der Waals surface area contributed by atoms with Crippen LogP contribution >= 0.6 is 0 Å². The van der Waals surface area contributed by atoms with Gasteiger partial charge in [-0.25, -0.2) is 4.98 Å². The minimum atomic E-state index is -4.44. The van der Waals surface area contributed by atoms with Crippen molar-refractivity contribution in [3.05, 3.63) is 59.7 Å². The Balaban J connectivity index is 1.57. The summed E-state index contributed by atoms with van der Waals surface area (Å²) in [6.45, 7) is 1.32. The van der Waals surface area contributed by atoms with Crippen LogP contribution in [0.2, 0.25) is 0 Å². The molecule has 1 aliphatic rings. The quantitative estimate of drug-likeness (QED) is 0.820. The third-order valence-electron chi connectivity index (χ3n) is 4.31. The number of nitrogens with zero attached hydrogens (tertiary/aromatic N) is 4. The Morgan fingerprint density at radius 3 is 2.37 bits per heavy atom. The second kappa shape index (κ2) is 7.73. The Bertz CT molecular complexity index is 819. The first-order chi connectivity index (χ1) is 12.8. The maximum Gasteiger partial charge on any atom is 0.416 e. The fourth-order valence-electron chi connectivity index (χ4n) is 2.87. The maximum atomic E-state index is 12.8.